The zero-order chi connectivity index (χ0) is 14.4. The van der Waals surface area contributed by atoms with Crippen molar-refractivity contribution in [1.82, 2.24) is 20.6 Å². The van der Waals surface area contributed by atoms with E-state index in [2.05, 4.69) is 20.6 Å². The average molecular weight is 280 g/mol. The van der Waals surface area contributed by atoms with Gasteiger partial charge in [0.15, 0.2) is 0 Å². The third-order valence-electron chi connectivity index (χ3n) is 3.49. The molecular formula is C13H20N4O3. The molecule has 1 saturated heterocycles. The molecule has 7 heteroatoms. The fraction of sp³-hybridized carbons (Fsp3) is 0.615. The number of imidazole rings is 1. The van der Waals surface area contributed by atoms with Crippen LogP contribution in [0.3, 0.4) is 0 Å². The average Bonchev–Trinajstić information content (AvgIpc) is 2.92. The van der Waals surface area contributed by atoms with Gasteiger partial charge in [-0.05, 0) is 31.8 Å². The van der Waals surface area contributed by atoms with Crippen LogP contribution in [0, 0.1) is 5.92 Å². The maximum Gasteiger partial charge on any atom is 0.326 e. The van der Waals surface area contributed by atoms with Crippen molar-refractivity contribution in [1.29, 1.82) is 0 Å². The summed E-state index contributed by atoms with van der Waals surface area (Å²) in [7, 11) is 0. The summed E-state index contributed by atoms with van der Waals surface area (Å²) in [4.78, 5) is 29.8. The number of piperidine rings is 1. The van der Waals surface area contributed by atoms with Crippen LogP contribution in [0.1, 0.15) is 25.0 Å². The Morgan fingerprint density at radius 1 is 1.55 bits per heavy atom. The first-order valence-corrected chi connectivity index (χ1v) is 6.85. The van der Waals surface area contributed by atoms with E-state index in [1.54, 1.807) is 6.20 Å². The van der Waals surface area contributed by atoms with E-state index in [-0.39, 0.29) is 12.3 Å². The van der Waals surface area contributed by atoms with E-state index >= 15 is 0 Å². The monoisotopic (exact) mass is 280 g/mol. The number of carboxylic acids is 1. The largest absolute Gasteiger partial charge is 0.480 e. The molecule has 0 bridgehead atoms. The van der Waals surface area contributed by atoms with Gasteiger partial charge in [-0.3, -0.25) is 4.79 Å². The number of hydrogen-bond acceptors (Lipinski definition) is 4. The molecule has 1 amide bonds. The minimum atomic E-state index is -1.03. The van der Waals surface area contributed by atoms with Gasteiger partial charge < -0.3 is 20.7 Å². The van der Waals surface area contributed by atoms with Crippen molar-refractivity contribution in [2.45, 2.75) is 31.7 Å². The number of carbonyl (C=O) groups is 2. The smallest absolute Gasteiger partial charge is 0.326 e. The summed E-state index contributed by atoms with van der Waals surface area (Å²) in [5.41, 5.74) is 0.692. The van der Waals surface area contributed by atoms with Crippen LogP contribution in [-0.4, -0.2) is 46.1 Å². The first kappa shape index (κ1) is 14.5. The van der Waals surface area contributed by atoms with Crippen LogP contribution in [0.4, 0.5) is 0 Å². The Morgan fingerprint density at radius 2 is 2.40 bits per heavy atom. The lowest BCUT2D eigenvalue weighted by molar-refractivity contribution is -0.142. The Hall–Kier alpha value is -1.89. The Labute approximate surface area is 117 Å². The summed E-state index contributed by atoms with van der Waals surface area (Å²) in [6.45, 7) is 1.82. The summed E-state index contributed by atoms with van der Waals surface area (Å²) in [5, 5.41) is 15.0. The normalized spacial score (nSPS) is 20.3. The van der Waals surface area contributed by atoms with Crippen LogP contribution < -0.4 is 10.6 Å². The minimum absolute atomic E-state index is 0.203. The highest BCUT2D eigenvalue weighted by atomic mass is 16.4. The highest BCUT2D eigenvalue weighted by Crippen LogP contribution is 2.13. The molecule has 0 aliphatic carbocycles. The zero-order valence-electron chi connectivity index (χ0n) is 11.3. The second kappa shape index (κ2) is 7.04. The molecule has 4 N–H and O–H groups in total. The molecule has 1 aliphatic heterocycles. The van der Waals surface area contributed by atoms with Crippen molar-refractivity contribution in [3.05, 3.63) is 18.2 Å². The number of nitrogens with one attached hydrogen (secondary N) is 3. The SMILES string of the molecule is O=C(CC1CCCNC1)N[C@@H](Cc1cnc[nH]1)C(=O)O. The Balaban J connectivity index is 1.83. The number of carbonyl (C=O) groups excluding carboxylic acids is 1. The lowest BCUT2D eigenvalue weighted by Crippen LogP contribution is -2.44. The highest BCUT2D eigenvalue weighted by Gasteiger charge is 2.23. The summed E-state index contributed by atoms with van der Waals surface area (Å²) >= 11 is 0. The van der Waals surface area contributed by atoms with Crippen molar-refractivity contribution >= 4 is 11.9 Å². The number of aromatic amines is 1. The molecule has 1 aliphatic rings. The summed E-state index contributed by atoms with van der Waals surface area (Å²) in [6.07, 6.45) is 5.72. The zero-order valence-corrected chi connectivity index (χ0v) is 11.3. The number of aromatic nitrogens is 2. The molecule has 1 fully saturated rings. The van der Waals surface area contributed by atoms with Gasteiger partial charge in [0.25, 0.3) is 0 Å². The number of nitrogens with zero attached hydrogens (tertiary/aromatic N) is 1. The van der Waals surface area contributed by atoms with Crippen molar-refractivity contribution in [2.75, 3.05) is 13.1 Å². The van der Waals surface area contributed by atoms with Crippen LogP contribution in [0.25, 0.3) is 0 Å². The van der Waals surface area contributed by atoms with E-state index in [0.717, 1.165) is 25.9 Å². The minimum Gasteiger partial charge on any atom is -0.480 e. The number of aliphatic carboxylic acids is 1. The van der Waals surface area contributed by atoms with E-state index in [1.165, 1.54) is 6.33 Å². The van der Waals surface area contributed by atoms with E-state index in [4.69, 9.17) is 5.11 Å². The van der Waals surface area contributed by atoms with E-state index < -0.39 is 12.0 Å². The van der Waals surface area contributed by atoms with Gasteiger partial charge in [-0.2, -0.15) is 0 Å². The summed E-state index contributed by atoms with van der Waals surface area (Å²) < 4.78 is 0. The summed E-state index contributed by atoms with van der Waals surface area (Å²) in [6, 6.07) is -0.917. The second-order valence-electron chi connectivity index (χ2n) is 5.16. The maximum absolute atomic E-state index is 11.9. The van der Waals surface area contributed by atoms with Crippen LogP contribution in [-0.2, 0) is 16.0 Å². The lowest BCUT2D eigenvalue weighted by atomic mass is 9.95. The van der Waals surface area contributed by atoms with E-state index in [0.29, 0.717) is 18.0 Å². The van der Waals surface area contributed by atoms with E-state index in [1.807, 2.05) is 0 Å². The maximum atomic E-state index is 11.9. The Morgan fingerprint density at radius 3 is 3.00 bits per heavy atom. The van der Waals surface area contributed by atoms with Gasteiger partial charge in [-0.15, -0.1) is 0 Å². The van der Waals surface area contributed by atoms with Crippen LogP contribution >= 0.6 is 0 Å². The van der Waals surface area contributed by atoms with Crippen LogP contribution in [0.2, 0.25) is 0 Å². The molecule has 2 atom stereocenters. The van der Waals surface area contributed by atoms with Gasteiger partial charge in [-0.1, -0.05) is 0 Å². The predicted molar refractivity (Wildman–Crippen MR) is 72.1 cm³/mol. The molecule has 1 unspecified atom stereocenters. The van der Waals surface area contributed by atoms with Crippen molar-refractivity contribution in [2.24, 2.45) is 5.92 Å². The molecule has 2 rings (SSSR count). The number of hydrogen-bond donors (Lipinski definition) is 4. The van der Waals surface area contributed by atoms with Gasteiger partial charge in [-0.25, -0.2) is 9.78 Å². The number of carboxylic acid groups (broad SMARTS) is 1. The molecule has 110 valence electrons. The molecule has 7 nitrogen and oxygen atoms in total. The topological polar surface area (TPSA) is 107 Å². The van der Waals surface area contributed by atoms with Crippen molar-refractivity contribution < 1.29 is 14.7 Å². The third kappa shape index (κ3) is 4.34. The molecule has 20 heavy (non-hydrogen) atoms. The number of H-pyrrole nitrogens is 1. The van der Waals surface area contributed by atoms with Gasteiger partial charge in [0.05, 0.1) is 6.33 Å². The van der Waals surface area contributed by atoms with Crippen molar-refractivity contribution in [3.63, 3.8) is 0 Å². The van der Waals surface area contributed by atoms with Gasteiger partial charge >= 0.3 is 5.97 Å². The van der Waals surface area contributed by atoms with Crippen molar-refractivity contribution in [3.8, 4) is 0 Å². The molecule has 0 aromatic carbocycles. The number of rotatable bonds is 6. The van der Waals surface area contributed by atoms with Gasteiger partial charge in [0, 0.05) is 24.7 Å². The Kier molecular flexibility index (Phi) is 5.11. The fourth-order valence-electron chi connectivity index (χ4n) is 2.43. The molecule has 0 spiro atoms. The molecular weight excluding hydrogens is 260 g/mol. The number of amides is 1. The van der Waals surface area contributed by atoms with E-state index in [9.17, 15) is 9.59 Å². The molecule has 0 saturated carbocycles. The standard InChI is InChI=1S/C13H20N4O3/c18-12(4-9-2-1-3-14-6-9)17-11(13(19)20)5-10-7-15-8-16-10/h7-9,11,14H,1-6H2,(H,15,16)(H,17,18)(H,19,20)/t9?,11-/m0/s1. The molecule has 0 radical (unpaired) electrons. The first-order chi connectivity index (χ1) is 9.65. The quantitative estimate of drug-likeness (QED) is 0.582. The summed E-state index contributed by atoms with van der Waals surface area (Å²) in [5.74, 6) is -0.939. The highest BCUT2D eigenvalue weighted by molar-refractivity contribution is 5.83. The van der Waals surface area contributed by atoms with Gasteiger partial charge in [0.1, 0.15) is 6.04 Å². The molecule has 2 heterocycles. The second-order valence-corrected chi connectivity index (χ2v) is 5.16. The third-order valence-corrected chi connectivity index (χ3v) is 3.49. The van der Waals surface area contributed by atoms with Gasteiger partial charge in [0.2, 0.25) is 5.91 Å². The molecule has 1 aromatic rings. The lowest BCUT2D eigenvalue weighted by Gasteiger charge is -2.23. The van der Waals surface area contributed by atoms with Crippen LogP contribution in [0.5, 0.6) is 0 Å². The molecule has 1 aromatic heterocycles. The Bertz CT molecular complexity index is 440. The van der Waals surface area contributed by atoms with Crippen LogP contribution in [0.15, 0.2) is 12.5 Å². The predicted octanol–water partition coefficient (Wildman–Crippen LogP) is -0.0887. The fourth-order valence-corrected chi connectivity index (χ4v) is 2.43. The first-order valence-electron chi connectivity index (χ1n) is 6.85.